The van der Waals surface area contributed by atoms with E-state index in [4.69, 9.17) is 11.6 Å². The zero-order chi connectivity index (χ0) is 13.3. The molecular formula is C11H9BrClN3O2. The van der Waals surface area contributed by atoms with Gasteiger partial charge < -0.3 is 0 Å². The van der Waals surface area contributed by atoms with Crippen LogP contribution < -0.4 is 0 Å². The molecule has 2 rings (SSSR count). The molecule has 0 N–H and O–H groups in total. The van der Waals surface area contributed by atoms with Crippen LogP contribution in [0.15, 0.2) is 28.9 Å². The molecular weight excluding hydrogens is 321 g/mol. The Hall–Kier alpha value is -1.40. The highest BCUT2D eigenvalue weighted by atomic mass is 79.9. The Morgan fingerprint density at radius 3 is 2.83 bits per heavy atom. The fraction of sp³-hybridized carbons (Fsp3) is 0.182. The highest BCUT2D eigenvalue weighted by Crippen LogP contribution is 2.29. The van der Waals surface area contributed by atoms with Crippen molar-refractivity contribution >= 4 is 33.2 Å². The van der Waals surface area contributed by atoms with Gasteiger partial charge in [-0.3, -0.25) is 14.8 Å². The number of aromatic nitrogens is 2. The minimum absolute atomic E-state index is 0.0448. The molecule has 7 heteroatoms. The fourth-order valence-corrected chi connectivity index (χ4v) is 2.25. The molecule has 0 saturated carbocycles. The van der Waals surface area contributed by atoms with Crippen molar-refractivity contribution in [3.8, 4) is 0 Å². The first kappa shape index (κ1) is 13.0. The largest absolute Gasteiger partial charge is 0.283 e. The molecule has 0 aliphatic heterocycles. The molecule has 0 aliphatic carbocycles. The molecule has 0 spiro atoms. The van der Waals surface area contributed by atoms with Gasteiger partial charge in [0.2, 0.25) is 0 Å². The molecule has 94 valence electrons. The van der Waals surface area contributed by atoms with E-state index in [0.717, 1.165) is 11.3 Å². The average Bonchev–Trinajstić information content (AvgIpc) is 2.63. The predicted molar refractivity (Wildman–Crippen MR) is 71.9 cm³/mol. The highest BCUT2D eigenvalue weighted by molar-refractivity contribution is 9.10. The van der Waals surface area contributed by atoms with Crippen LogP contribution in [-0.4, -0.2) is 14.7 Å². The van der Waals surface area contributed by atoms with Gasteiger partial charge in [0, 0.05) is 6.07 Å². The van der Waals surface area contributed by atoms with E-state index in [1.54, 1.807) is 16.9 Å². The lowest BCUT2D eigenvalue weighted by atomic mass is 10.2. The quantitative estimate of drug-likeness (QED) is 0.638. The first-order chi connectivity index (χ1) is 8.50. The Labute approximate surface area is 117 Å². The van der Waals surface area contributed by atoms with Gasteiger partial charge in [-0.05, 0) is 28.4 Å². The van der Waals surface area contributed by atoms with Crippen molar-refractivity contribution in [1.29, 1.82) is 0 Å². The average molecular weight is 331 g/mol. The summed E-state index contributed by atoms with van der Waals surface area (Å²) >= 11 is 9.17. The molecule has 1 aromatic carbocycles. The number of hydrogen-bond acceptors (Lipinski definition) is 3. The van der Waals surface area contributed by atoms with Gasteiger partial charge in [-0.15, -0.1) is 0 Å². The lowest BCUT2D eigenvalue weighted by molar-refractivity contribution is -0.385. The van der Waals surface area contributed by atoms with Crippen LogP contribution in [-0.2, 0) is 6.54 Å². The van der Waals surface area contributed by atoms with E-state index in [1.807, 2.05) is 13.0 Å². The van der Waals surface area contributed by atoms with Crippen LogP contribution in [0, 0.1) is 17.0 Å². The van der Waals surface area contributed by atoms with Gasteiger partial charge in [0.25, 0.3) is 5.69 Å². The minimum Gasteiger partial charge on any atom is -0.264 e. The summed E-state index contributed by atoms with van der Waals surface area (Å²) in [6.45, 7) is 2.28. The Bertz CT molecular complexity index is 612. The van der Waals surface area contributed by atoms with Crippen LogP contribution in [0.3, 0.4) is 0 Å². The lowest BCUT2D eigenvalue weighted by Crippen LogP contribution is -2.05. The van der Waals surface area contributed by atoms with Gasteiger partial charge in [0.05, 0.1) is 28.4 Å². The predicted octanol–water partition coefficient (Wildman–Crippen LogP) is 3.56. The number of halogens is 2. The molecule has 0 fully saturated rings. The maximum atomic E-state index is 10.8. The van der Waals surface area contributed by atoms with Gasteiger partial charge >= 0.3 is 0 Å². The maximum Gasteiger partial charge on any atom is 0.283 e. The number of benzene rings is 1. The van der Waals surface area contributed by atoms with E-state index >= 15 is 0 Å². The van der Waals surface area contributed by atoms with Crippen LogP contribution in [0.25, 0.3) is 0 Å². The zero-order valence-electron chi connectivity index (χ0n) is 9.43. The Morgan fingerprint density at radius 2 is 2.28 bits per heavy atom. The third-order valence-electron chi connectivity index (χ3n) is 2.62. The topological polar surface area (TPSA) is 61.0 Å². The first-order valence-electron chi connectivity index (χ1n) is 5.10. The normalized spacial score (nSPS) is 10.6. The fourth-order valence-electron chi connectivity index (χ4n) is 1.57. The third kappa shape index (κ3) is 2.39. The summed E-state index contributed by atoms with van der Waals surface area (Å²) in [5, 5.41) is 15.5. The molecule has 0 bridgehead atoms. The molecule has 0 atom stereocenters. The summed E-state index contributed by atoms with van der Waals surface area (Å²) < 4.78 is 2.17. The standard InChI is InChI=1S/C11H9BrClN3O2/c1-7-9(13)5-14-15(7)6-8-3-2-4-10(11(8)12)16(17)18/h2-5H,6H2,1H3. The van der Waals surface area contributed by atoms with Crippen molar-refractivity contribution in [2.45, 2.75) is 13.5 Å². The maximum absolute atomic E-state index is 10.8. The molecule has 2 aromatic rings. The monoisotopic (exact) mass is 329 g/mol. The molecule has 0 saturated heterocycles. The summed E-state index contributed by atoms with van der Waals surface area (Å²) in [6, 6.07) is 4.92. The lowest BCUT2D eigenvalue weighted by Gasteiger charge is -2.07. The second-order valence-corrected chi connectivity index (χ2v) is 4.94. The zero-order valence-corrected chi connectivity index (χ0v) is 11.8. The van der Waals surface area contributed by atoms with Crippen LogP contribution in [0.5, 0.6) is 0 Å². The SMILES string of the molecule is Cc1c(Cl)cnn1Cc1cccc([N+](=O)[O-])c1Br. The van der Waals surface area contributed by atoms with Gasteiger partial charge in [-0.2, -0.15) is 5.10 Å². The number of hydrogen-bond donors (Lipinski definition) is 0. The number of nitrogens with zero attached hydrogens (tertiary/aromatic N) is 3. The highest BCUT2D eigenvalue weighted by Gasteiger charge is 2.15. The molecule has 0 radical (unpaired) electrons. The smallest absolute Gasteiger partial charge is 0.264 e. The van der Waals surface area contributed by atoms with Crippen LogP contribution in [0.2, 0.25) is 5.02 Å². The minimum atomic E-state index is -0.420. The molecule has 0 aliphatic rings. The van der Waals surface area contributed by atoms with Crippen molar-refractivity contribution in [3.63, 3.8) is 0 Å². The van der Waals surface area contributed by atoms with E-state index in [2.05, 4.69) is 21.0 Å². The van der Waals surface area contributed by atoms with E-state index in [0.29, 0.717) is 16.0 Å². The second kappa shape index (κ2) is 5.07. The number of rotatable bonds is 3. The van der Waals surface area contributed by atoms with Gasteiger partial charge in [0.15, 0.2) is 0 Å². The first-order valence-corrected chi connectivity index (χ1v) is 6.27. The van der Waals surface area contributed by atoms with Crippen LogP contribution in [0.4, 0.5) is 5.69 Å². The molecule has 18 heavy (non-hydrogen) atoms. The number of nitro groups is 1. The van der Waals surface area contributed by atoms with Crippen molar-refractivity contribution in [2.75, 3.05) is 0 Å². The van der Waals surface area contributed by atoms with E-state index in [-0.39, 0.29) is 5.69 Å². The van der Waals surface area contributed by atoms with Crippen molar-refractivity contribution < 1.29 is 4.92 Å². The second-order valence-electron chi connectivity index (χ2n) is 3.74. The van der Waals surface area contributed by atoms with Crippen molar-refractivity contribution in [2.24, 2.45) is 0 Å². The summed E-state index contributed by atoms with van der Waals surface area (Å²) in [7, 11) is 0. The summed E-state index contributed by atoms with van der Waals surface area (Å²) in [5.41, 5.74) is 1.66. The molecule has 0 amide bonds. The number of nitro benzene ring substituents is 1. The third-order valence-corrected chi connectivity index (χ3v) is 3.91. The van der Waals surface area contributed by atoms with Crippen LogP contribution >= 0.6 is 27.5 Å². The van der Waals surface area contributed by atoms with Gasteiger partial charge in [-0.25, -0.2) is 0 Å². The summed E-state index contributed by atoms with van der Waals surface area (Å²) in [6.07, 6.45) is 1.56. The Balaban J connectivity index is 2.38. The Morgan fingerprint density at radius 1 is 1.56 bits per heavy atom. The molecule has 0 unspecified atom stereocenters. The van der Waals surface area contributed by atoms with E-state index < -0.39 is 4.92 Å². The molecule has 5 nitrogen and oxygen atoms in total. The van der Waals surface area contributed by atoms with Crippen molar-refractivity contribution in [3.05, 3.63) is 55.3 Å². The van der Waals surface area contributed by atoms with Gasteiger partial charge in [0.1, 0.15) is 4.47 Å². The molecule has 1 aromatic heterocycles. The van der Waals surface area contributed by atoms with Crippen LogP contribution in [0.1, 0.15) is 11.3 Å². The summed E-state index contributed by atoms with van der Waals surface area (Å²) in [4.78, 5) is 10.4. The van der Waals surface area contributed by atoms with Crippen molar-refractivity contribution in [1.82, 2.24) is 9.78 Å². The summed E-state index contributed by atoms with van der Waals surface area (Å²) in [5.74, 6) is 0. The molecule has 1 heterocycles. The Kier molecular flexibility index (Phi) is 3.68. The van der Waals surface area contributed by atoms with E-state index in [1.165, 1.54) is 6.07 Å². The van der Waals surface area contributed by atoms with Gasteiger partial charge in [-0.1, -0.05) is 23.7 Å². The van der Waals surface area contributed by atoms with E-state index in [9.17, 15) is 10.1 Å².